The molecule has 0 N–H and O–H groups in total. The zero-order chi connectivity index (χ0) is 29.7. The predicted octanol–water partition coefficient (Wildman–Crippen LogP) is 6.58. The molecule has 0 atom stereocenters. The zero-order valence-corrected chi connectivity index (χ0v) is 24.1. The molecule has 0 fully saturated rings. The van der Waals surface area contributed by atoms with Crippen LogP contribution in [0.4, 0.5) is 4.39 Å². The number of aromatic nitrogens is 1. The number of carbonyl (C=O) groups is 3. The highest BCUT2D eigenvalue weighted by Crippen LogP contribution is 2.32. The molecular formula is C32H29FN2O5S. The molecule has 7 nitrogen and oxygen atoms in total. The van der Waals surface area contributed by atoms with Gasteiger partial charge in [0.25, 0.3) is 0 Å². The molecule has 4 aromatic rings. The topological polar surface area (TPSA) is 98.4 Å². The number of thiophene rings is 1. The molecule has 0 bridgehead atoms. The van der Waals surface area contributed by atoms with Crippen molar-refractivity contribution in [1.82, 2.24) is 4.57 Å². The average Bonchev–Trinajstić information content (AvgIpc) is 3.41. The fraction of sp³-hybridized carbons (Fsp3) is 0.250. The number of rotatable bonds is 10. The first-order valence-electron chi connectivity index (χ1n) is 13.1. The molecule has 0 saturated carbocycles. The molecule has 0 aliphatic rings. The van der Waals surface area contributed by atoms with E-state index in [0.717, 1.165) is 33.5 Å². The summed E-state index contributed by atoms with van der Waals surface area (Å²) in [6, 6.07) is 15.9. The van der Waals surface area contributed by atoms with E-state index in [1.54, 1.807) is 39.0 Å². The fourth-order valence-electron chi connectivity index (χ4n) is 4.74. The SMILES string of the molecule is CCOC(=O)c1sc(CC(=O)/C(C#N)=C/c2c(C)n(Cc3ccc(F)cc3)c3ccccc23)c(C(=O)OCC)c1C. The van der Waals surface area contributed by atoms with Gasteiger partial charge >= 0.3 is 11.9 Å². The molecule has 0 saturated heterocycles. The number of esters is 2. The van der Waals surface area contributed by atoms with Crippen LogP contribution in [0.15, 0.2) is 54.1 Å². The second-order valence-electron chi connectivity index (χ2n) is 9.29. The minimum absolute atomic E-state index is 0.0867. The predicted molar refractivity (Wildman–Crippen MR) is 155 cm³/mol. The Hall–Kier alpha value is -4.55. The number of hydrogen-bond acceptors (Lipinski definition) is 7. The number of carbonyl (C=O) groups excluding carboxylic acids is 3. The third-order valence-electron chi connectivity index (χ3n) is 6.72. The summed E-state index contributed by atoms with van der Waals surface area (Å²) in [5.41, 5.74) is 3.81. The number of ether oxygens (including phenoxy) is 2. The maximum Gasteiger partial charge on any atom is 0.348 e. The lowest BCUT2D eigenvalue weighted by atomic mass is 10.0. The van der Waals surface area contributed by atoms with Crippen LogP contribution in [-0.4, -0.2) is 35.5 Å². The van der Waals surface area contributed by atoms with Gasteiger partial charge in [-0.15, -0.1) is 11.3 Å². The van der Waals surface area contributed by atoms with Gasteiger partial charge in [-0.1, -0.05) is 30.3 Å². The summed E-state index contributed by atoms with van der Waals surface area (Å²) in [4.78, 5) is 39.3. The van der Waals surface area contributed by atoms with Crippen LogP contribution in [0.2, 0.25) is 0 Å². The average molecular weight is 573 g/mol. The molecule has 2 aromatic carbocycles. The van der Waals surface area contributed by atoms with Crippen molar-refractivity contribution in [3.05, 3.63) is 97.6 Å². The Morgan fingerprint density at radius 3 is 2.32 bits per heavy atom. The Balaban J connectivity index is 1.74. The van der Waals surface area contributed by atoms with Crippen LogP contribution in [0.25, 0.3) is 17.0 Å². The Bertz CT molecular complexity index is 1710. The number of ketones is 1. The molecular weight excluding hydrogens is 543 g/mol. The van der Waals surface area contributed by atoms with E-state index in [1.165, 1.54) is 12.1 Å². The van der Waals surface area contributed by atoms with Gasteiger partial charge in [-0.2, -0.15) is 5.26 Å². The van der Waals surface area contributed by atoms with Crippen molar-refractivity contribution >= 4 is 46.0 Å². The lowest BCUT2D eigenvalue weighted by molar-refractivity contribution is -0.114. The second-order valence-corrected chi connectivity index (χ2v) is 10.4. The summed E-state index contributed by atoms with van der Waals surface area (Å²) in [6.07, 6.45) is 1.31. The number of halogens is 1. The first kappa shape index (κ1) is 29.4. The zero-order valence-electron chi connectivity index (χ0n) is 23.2. The van der Waals surface area contributed by atoms with Crippen LogP contribution >= 0.6 is 11.3 Å². The number of allylic oxidation sites excluding steroid dienone is 1. The highest BCUT2D eigenvalue weighted by molar-refractivity contribution is 7.14. The van der Waals surface area contributed by atoms with Crippen LogP contribution in [0.1, 0.15) is 61.1 Å². The summed E-state index contributed by atoms with van der Waals surface area (Å²) >= 11 is 0.999. The van der Waals surface area contributed by atoms with Gasteiger partial charge < -0.3 is 14.0 Å². The van der Waals surface area contributed by atoms with Gasteiger partial charge in [0, 0.05) is 40.0 Å². The molecule has 0 spiro atoms. The van der Waals surface area contributed by atoms with E-state index < -0.39 is 17.7 Å². The van der Waals surface area contributed by atoms with Gasteiger partial charge in [0.1, 0.15) is 16.8 Å². The highest BCUT2D eigenvalue weighted by atomic mass is 32.1. The lowest BCUT2D eigenvalue weighted by Crippen LogP contribution is -2.12. The summed E-state index contributed by atoms with van der Waals surface area (Å²) in [5.74, 6) is -2.03. The molecule has 210 valence electrons. The summed E-state index contributed by atoms with van der Waals surface area (Å²) in [6.45, 7) is 7.63. The molecule has 2 aromatic heterocycles. The Kier molecular flexibility index (Phi) is 9.15. The van der Waals surface area contributed by atoms with Crippen LogP contribution < -0.4 is 0 Å². The number of para-hydroxylation sites is 1. The fourth-order valence-corrected chi connectivity index (χ4v) is 5.92. The Labute approximate surface area is 241 Å². The summed E-state index contributed by atoms with van der Waals surface area (Å²) in [7, 11) is 0. The highest BCUT2D eigenvalue weighted by Gasteiger charge is 2.28. The molecule has 0 aliphatic carbocycles. The molecule has 0 unspecified atom stereocenters. The van der Waals surface area contributed by atoms with Crippen LogP contribution in [0, 0.1) is 31.0 Å². The van der Waals surface area contributed by atoms with Crippen molar-refractivity contribution in [2.75, 3.05) is 13.2 Å². The van der Waals surface area contributed by atoms with Crippen molar-refractivity contribution in [3.63, 3.8) is 0 Å². The van der Waals surface area contributed by atoms with Crippen LogP contribution in [0.3, 0.4) is 0 Å². The molecule has 2 heterocycles. The van der Waals surface area contributed by atoms with Crippen molar-refractivity contribution < 1.29 is 28.2 Å². The smallest absolute Gasteiger partial charge is 0.348 e. The molecule has 9 heteroatoms. The minimum Gasteiger partial charge on any atom is -0.462 e. The van der Waals surface area contributed by atoms with E-state index >= 15 is 0 Å². The van der Waals surface area contributed by atoms with Crippen molar-refractivity contribution in [2.45, 2.75) is 40.7 Å². The first-order chi connectivity index (χ1) is 19.7. The summed E-state index contributed by atoms with van der Waals surface area (Å²) in [5, 5.41) is 10.9. The number of benzene rings is 2. The van der Waals surface area contributed by atoms with Gasteiger partial charge in [-0.3, -0.25) is 4.79 Å². The Morgan fingerprint density at radius 1 is 1.00 bits per heavy atom. The van der Waals surface area contributed by atoms with Gasteiger partial charge in [-0.25, -0.2) is 14.0 Å². The van der Waals surface area contributed by atoms with Crippen molar-refractivity contribution in [2.24, 2.45) is 0 Å². The van der Waals surface area contributed by atoms with E-state index in [4.69, 9.17) is 9.47 Å². The molecule has 0 aliphatic heterocycles. The van der Waals surface area contributed by atoms with E-state index in [9.17, 15) is 24.0 Å². The Morgan fingerprint density at radius 2 is 1.66 bits per heavy atom. The normalized spacial score (nSPS) is 11.4. The van der Waals surface area contributed by atoms with Crippen LogP contribution in [0.5, 0.6) is 0 Å². The first-order valence-corrected chi connectivity index (χ1v) is 13.9. The van der Waals surface area contributed by atoms with Gasteiger partial charge in [-0.05, 0) is 63.1 Å². The maximum absolute atomic E-state index is 13.5. The van der Waals surface area contributed by atoms with E-state index in [0.29, 0.717) is 22.5 Å². The minimum atomic E-state index is -0.637. The number of nitrogens with zero attached hydrogens (tertiary/aromatic N) is 2. The van der Waals surface area contributed by atoms with Crippen LogP contribution in [-0.2, 0) is 27.2 Å². The van der Waals surface area contributed by atoms with Gasteiger partial charge in [0.2, 0.25) is 0 Å². The van der Waals surface area contributed by atoms with Gasteiger partial charge in [0.05, 0.1) is 24.4 Å². The molecule has 0 amide bonds. The molecule has 4 rings (SSSR count). The van der Waals surface area contributed by atoms with Crippen molar-refractivity contribution in [3.8, 4) is 6.07 Å². The standard InChI is InChI=1S/C32H29FN2O5S/c1-5-39-31(37)29-19(3)30(32(38)40-6-2)41-28(29)16-27(36)22(17-34)15-25-20(4)35(26-10-8-7-9-24(25)26)18-21-11-13-23(33)14-12-21/h7-15H,5-6,16,18H2,1-4H3/b22-15+. The third-order valence-corrected chi connectivity index (χ3v) is 8.00. The number of Topliss-reactive ketones (excluding diaryl/α,β-unsaturated/α-hetero) is 1. The summed E-state index contributed by atoms with van der Waals surface area (Å²) < 4.78 is 25.8. The van der Waals surface area contributed by atoms with E-state index in [1.807, 2.05) is 37.3 Å². The second kappa shape index (κ2) is 12.7. The monoisotopic (exact) mass is 572 g/mol. The lowest BCUT2D eigenvalue weighted by Gasteiger charge is -2.09. The quantitative estimate of drug-likeness (QED) is 0.121. The van der Waals surface area contributed by atoms with E-state index in [2.05, 4.69) is 4.57 Å². The number of nitriles is 1. The molecule has 41 heavy (non-hydrogen) atoms. The third kappa shape index (κ3) is 6.13. The maximum atomic E-state index is 13.5. The van der Waals surface area contributed by atoms with E-state index in [-0.39, 0.29) is 41.5 Å². The molecule has 0 radical (unpaired) electrons. The van der Waals surface area contributed by atoms with Gasteiger partial charge in [0.15, 0.2) is 5.78 Å². The largest absolute Gasteiger partial charge is 0.462 e. The number of hydrogen-bond donors (Lipinski definition) is 0. The number of fused-ring (bicyclic) bond motifs is 1. The van der Waals surface area contributed by atoms with Crippen molar-refractivity contribution in [1.29, 1.82) is 5.26 Å².